The topological polar surface area (TPSA) is 60.8 Å². The minimum absolute atomic E-state index is 0.0153. The summed E-state index contributed by atoms with van der Waals surface area (Å²) in [5.41, 5.74) is 1.23. The number of amides is 1. The van der Waals surface area contributed by atoms with E-state index < -0.39 is 6.10 Å². The van der Waals surface area contributed by atoms with Crippen LogP contribution in [0.25, 0.3) is 0 Å². The van der Waals surface area contributed by atoms with Gasteiger partial charge in [-0.3, -0.25) is 4.79 Å². The van der Waals surface area contributed by atoms with E-state index in [0.29, 0.717) is 37.1 Å². The summed E-state index contributed by atoms with van der Waals surface area (Å²) in [4.78, 5) is 14.0. The molecule has 1 saturated heterocycles. The lowest BCUT2D eigenvalue weighted by atomic mass is 10.1. The molecule has 0 spiro atoms. The molecule has 4 heteroatoms. The molecule has 1 amide bonds. The van der Waals surface area contributed by atoms with E-state index >= 15 is 0 Å². The lowest BCUT2D eigenvalue weighted by Crippen LogP contribution is -2.30. The number of likely N-dealkylation sites (tertiary alicyclic amines) is 1. The molecule has 1 unspecified atom stereocenters. The Balaban J connectivity index is 2.20. The number of carbonyl (C=O) groups is 1. The first-order valence-corrected chi connectivity index (χ1v) is 6.38. The van der Waals surface area contributed by atoms with Crippen LogP contribution in [0.3, 0.4) is 0 Å². The van der Waals surface area contributed by atoms with Crippen LogP contribution in [-0.4, -0.2) is 46.8 Å². The quantitative estimate of drug-likeness (QED) is 0.766. The van der Waals surface area contributed by atoms with Crippen molar-refractivity contribution >= 4 is 5.91 Å². The van der Waals surface area contributed by atoms with Crippen molar-refractivity contribution in [1.29, 1.82) is 0 Å². The highest BCUT2D eigenvalue weighted by molar-refractivity contribution is 5.96. The summed E-state index contributed by atoms with van der Waals surface area (Å²) in [6, 6.07) is 7.18. The van der Waals surface area contributed by atoms with Gasteiger partial charge in [-0.2, -0.15) is 0 Å². The first-order chi connectivity index (χ1) is 9.22. The maximum atomic E-state index is 12.3. The van der Waals surface area contributed by atoms with Crippen molar-refractivity contribution in [2.45, 2.75) is 18.9 Å². The Morgan fingerprint density at radius 1 is 1.42 bits per heavy atom. The highest BCUT2D eigenvalue weighted by Gasteiger charge is 2.26. The van der Waals surface area contributed by atoms with Gasteiger partial charge in [0.15, 0.2) is 0 Å². The Kier molecular flexibility index (Phi) is 4.56. The van der Waals surface area contributed by atoms with Crippen molar-refractivity contribution in [2.24, 2.45) is 0 Å². The van der Waals surface area contributed by atoms with Gasteiger partial charge in [0, 0.05) is 25.1 Å². The fourth-order valence-corrected chi connectivity index (χ4v) is 2.09. The molecule has 1 atom stereocenters. The highest BCUT2D eigenvalue weighted by atomic mass is 16.3. The summed E-state index contributed by atoms with van der Waals surface area (Å²) in [7, 11) is 0. The zero-order valence-electron chi connectivity index (χ0n) is 10.7. The number of hydrogen-bond donors (Lipinski definition) is 2. The molecule has 0 aromatic heterocycles. The molecule has 4 nitrogen and oxygen atoms in total. The summed E-state index contributed by atoms with van der Waals surface area (Å²) >= 11 is 0. The number of β-amino-alcohol motifs (C(OH)–C–C–N with tert-alkyl or cyclic N) is 1. The maximum absolute atomic E-state index is 12.3. The fraction of sp³-hybridized carbons (Fsp3) is 0.400. The van der Waals surface area contributed by atoms with Gasteiger partial charge >= 0.3 is 0 Å². The molecule has 0 saturated carbocycles. The number of aliphatic hydroxyl groups is 2. The molecular weight excluding hydrogens is 242 g/mol. The molecule has 1 fully saturated rings. The SMILES string of the molecule is O=C(c1ccccc1C#CCCO)N1CCC(O)C1. The third-order valence-electron chi connectivity index (χ3n) is 3.07. The maximum Gasteiger partial charge on any atom is 0.255 e. The zero-order chi connectivity index (χ0) is 13.7. The van der Waals surface area contributed by atoms with Crippen molar-refractivity contribution in [3.63, 3.8) is 0 Å². The Hall–Kier alpha value is -1.83. The molecule has 2 N–H and O–H groups in total. The first kappa shape index (κ1) is 13.6. The Morgan fingerprint density at radius 2 is 2.21 bits per heavy atom. The second-order valence-electron chi connectivity index (χ2n) is 4.51. The third kappa shape index (κ3) is 3.34. The van der Waals surface area contributed by atoms with Gasteiger partial charge in [0.25, 0.3) is 5.91 Å². The number of hydrogen-bond acceptors (Lipinski definition) is 3. The van der Waals surface area contributed by atoms with Crippen LogP contribution in [0.2, 0.25) is 0 Å². The standard InChI is InChI=1S/C15H17NO3/c17-10-4-3-6-12-5-1-2-7-14(12)15(19)16-9-8-13(18)11-16/h1-2,5,7,13,17-18H,4,8-11H2. The van der Waals surface area contributed by atoms with Crippen LogP contribution >= 0.6 is 0 Å². The largest absolute Gasteiger partial charge is 0.395 e. The fourth-order valence-electron chi connectivity index (χ4n) is 2.09. The van der Waals surface area contributed by atoms with E-state index in [9.17, 15) is 9.90 Å². The molecule has 2 rings (SSSR count). The number of aliphatic hydroxyl groups excluding tert-OH is 2. The predicted octanol–water partition coefficient (Wildman–Crippen LogP) is 0.627. The first-order valence-electron chi connectivity index (χ1n) is 6.38. The van der Waals surface area contributed by atoms with E-state index in [1.807, 2.05) is 6.07 Å². The smallest absolute Gasteiger partial charge is 0.255 e. The molecule has 1 aromatic carbocycles. The number of nitrogens with zero attached hydrogens (tertiary/aromatic N) is 1. The molecule has 0 radical (unpaired) electrons. The monoisotopic (exact) mass is 259 g/mol. The number of rotatable bonds is 2. The zero-order valence-corrected chi connectivity index (χ0v) is 10.7. The van der Waals surface area contributed by atoms with Crippen LogP contribution in [0, 0.1) is 11.8 Å². The van der Waals surface area contributed by atoms with Crippen LogP contribution in [0.4, 0.5) is 0 Å². The van der Waals surface area contributed by atoms with Gasteiger partial charge in [-0.15, -0.1) is 0 Å². The van der Waals surface area contributed by atoms with E-state index in [1.54, 1.807) is 23.1 Å². The van der Waals surface area contributed by atoms with Crippen molar-refractivity contribution < 1.29 is 15.0 Å². The molecule has 1 aliphatic heterocycles. The van der Waals surface area contributed by atoms with Crippen LogP contribution < -0.4 is 0 Å². The van der Waals surface area contributed by atoms with Crippen molar-refractivity contribution in [1.82, 2.24) is 4.90 Å². The van der Waals surface area contributed by atoms with Gasteiger partial charge in [0.1, 0.15) is 0 Å². The van der Waals surface area contributed by atoms with E-state index in [2.05, 4.69) is 11.8 Å². The Morgan fingerprint density at radius 3 is 2.89 bits per heavy atom. The molecule has 1 aliphatic rings. The minimum Gasteiger partial charge on any atom is -0.395 e. The van der Waals surface area contributed by atoms with Crippen LogP contribution in [0.1, 0.15) is 28.8 Å². The molecule has 0 bridgehead atoms. The molecule has 0 aliphatic carbocycles. The number of benzene rings is 1. The van der Waals surface area contributed by atoms with Gasteiger partial charge in [-0.1, -0.05) is 24.0 Å². The molecule has 1 heterocycles. The molecule has 19 heavy (non-hydrogen) atoms. The van der Waals surface area contributed by atoms with Gasteiger partial charge in [-0.25, -0.2) is 0 Å². The summed E-state index contributed by atoms with van der Waals surface area (Å²) in [5.74, 6) is 5.64. The number of carbonyl (C=O) groups excluding carboxylic acids is 1. The highest BCUT2D eigenvalue weighted by Crippen LogP contribution is 2.16. The molecule has 100 valence electrons. The van der Waals surface area contributed by atoms with Crippen LogP contribution in [-0.2, 0) is 0 Å². The van der Waals surface area contributed by atoms with Crippen molar-refractivity contribution in [2.75, 3.05) is 19.7 Å². The second-order valence-corrected chi connectivity index (χ2v) is 4.51. The van der Waals surface area contributed by atoms with Crippen molar-refractivity contribution in [3.05, 3.63) is 35.4 Å². The van der Waals surface area contributed by atoms with Gasteiger partial charge in [-0.05, 0) is 18.6 Å². The third-order valence-corrected chi connectivity index (χ3v) is 3.07. The van der Waals surface area contributed by atoms with Gasteiger partial charge in [0.2, 0.25) is 0 Å². The van der Waals surface area contributed by atoms with Gasteiger partial charge in [0.05, 0.1) is 18.3 Å². The van der Waals surface area contributed by atoms with Crippen LogP contribution in [0.5, 0.6) is 0 Å². The summed E-state index contributed by atoms with van der Waals surface area (Å²) in [6.45, 7) is 0.983. The summed E-state index contributed by atoms with van der Waals surface area (Å²) in [6.07, 6.45) is 0.603. The summed E-state index contributed by atoms with van der Waals surface area (Å²) in [5, 5.41) is 18.2. The van der Waals surface area contributed by atoms with Crippen LogP contribution in [0.15, 0.2) is 24.3 Å². The lowest BCUT2D eigenvalue weighted by molar-refractivity contribution is 0.0764. The van der Waals surface area contributed by atoms with Crippen molar-refractivity contribution in [3.8, 4) is 11.8 Å². The van der Waals surface area contributed by atoms with E-state index in [4.69, 9.17) is 5.11 Å². The molecular formula is C15H17NO3. The lowest BCUT2D eigenvalue weighted by Gasteiger charge is -2.16. The Labute approximate surface area is 112 Å². The predicted molar refractivity (Wildman–Crippen MR) is 71.6 cm³/mol. The van der Waals surface area contributed by atoms with E-state index in [-0.39, 0.29) is 12.5 Å². The van der Waals surface area contributed by atoms with E-state index in [1.165, 1.54) is 0 Å². The van der Waals surface area contributed by atoms with Gasteiger partial charge < -0.3 is 15.1 Å². The average Bonchev–Trinajstić information content (AvgIpc) is 2.85. The normalized spacial score (nSPS) is 18.0. The Bertz CT molecular complexity index is 516. The van der Waals surface area contributed by atoms with E-state index in [0.717, 1.165) is 0 Å². The minimum atomic E-state index is -0.420. The average molecular weight is 259 g/mol. The summed E-state index contributed by atoms with van der Waals surface area (Å²) < 4.78 is 0. The molecule has 1 aromatic rings. The second kappa shape index (κ2) is 6.37.